The molecule has 4 nitrogen and oxygen atoms in total. The number of carbonyl (C=O) groups excluding carboxylic acids is 1. The molecule has 0 spiro atoms. The van der Waals surface area contributed by atoms with Gasteiger partial charge in [-0.05, 0) is 46.0 Å². The topological polar surface area (TPSA) is 61.5 Å². The fraction of sp³-hybridized carbons (Fsp3) is 0.562. The lowest BCUT2D eigenvalue weighted by Crippen LogP contribution is -2.22. The Hall–Kier alpha value is -1.44. The zero-order valence-electron chi connectivity index (χ0n) is 13.2. The van der Waals surface area contributed by atoms with Crippen molar-refractivity contribution in [3.63, 3.8) is 0 Å². The Bertz CT molecular complexity index is 603. The number of halogens is 4. The molecule has 1 unspecified atom stereocenters. The Balaban J connectivity index is 2.28. The second-order valence-electron chi connectivity index (χ2n) is 5.93. The Morgan fingerprint density at radius 1 is 1.42 bits per heavy atom. The first-order valence-electron chi connectivity index (χ1n) is 7.57. The van der Waals surface area contributed by atoms with Crippen LogP contribution in [0.3, 0.4) is 0 Å². The minimum atomic E-state index is -4.47. The Kier molecular flexibility index (Phi) is 6.01. The van der Waals surface area contributed by atoms with Crippen LogP contribution in [0.2, 0.25) is 0 Å². The third kappa shape index (κ3) is 4.78. The molecule has 1 saturated carbocycles. The summed E-state index contributed by atoms with van der Waals surface area (Å²) >= 11 is 3.22. The molecule has 0 saturated heterocycles. The monoisotopic (exact) mass is 409 g/mol. The maximum atomic E-state index is 12.4. The molecular formula is C16H19BrF3NO3. The summed E-state index contributed by atoms with van der Waals surface area (Å²) in [6.07, 6.45) is -0.656. The molecule has 1 aromatic rings. The van der Waals surface area contributed by atoms with E-state index in [0.717, 1.165) is 19.3 Å². The summed E-state index contributed by atoms with van der Waals surface area (Å²) in [5, 5.41) is 0. The van der Waals surface area contributed by atoms with Gasteiger partial charge in [-0.25, -0.2) is 0 Å². The predicted octanol–water partition coefficient (Wildman–Crippen LogP) is 4.42. The number of benzene rings is 1. The number of anilines is 1. The van der Waals surface area contributed by atoms with Crippen molar-refractivity contribution in [1.29, 1.82) is 0 Å². The van der Waals surface area contributed by atoms with Crippen molar-refractivity contribution < 1.29 is 27.4 Å². The normalized spacial score (nSPS) is 16.4. The van der Waals surface area contributed by atoms with Crippen LogP contribution in [0.1, 0.15) is 37.2 Å². The van der Waals surface area contributed by atoms with Crippen LogP contribution in [-0.4, -0.2) is 25.9 Å². The first-order valence-corrected chi connectivity index (χ1v) is 8.37. The number of hydrogen-bond acceptors (Lipinski definition) is 4. The summed E-state index contributed by atoms with van der Waals surface area (Å²) < 4.78 is 47.2. The summed E-state index contributed by atoms with van der Waals surface area (Å²) in [6.45, 7) is -1.45. The molecule has 1 atom stereocenters. The Labute approximate surface area is 146 Å². The van der Waals surface area contributed by atoms with E-state index in [1.54, 1.807) is 6.07 Å². The lowest BCUT2D eigenvalue weighted by molar-refractivity contribution is -0.153. The van der Waals surface area contributed by atoms with Crippen LogP contribution in [-0.2, 0) is 9.53 Å². The van der Waals surface area contributed by atoms with E-state index in [4.69, 9.17) is 15.2 Å². The second-order valence-corrected chi connectivity index (χ2v) is 6.78. The molecule has 2 rings (SSSR count). The van der Waals surface area contributed by atoms with Gasteiger partial charge >= 0.3 is 12.1 Å². The van der Waals surface area contributed by atoms with Gasteiger partial charge in [0, 0.05) is 4.47 Å². The minimum absolute atomic E-state index is 0.0651. The van der Waals surface area contributed by atoms with Crippen LogP contribution < -0.4 is 10.5 Å². The van der Waals surface area contributed by atoms with Crippen molar-refractivity contribution in [2.45, 2.75) is 37.8 Å². The summed E-state index contributed by atoms with van der Waals surface area (Å²) in [5.74, 6) is -0.644. The molecule has 0 amide bonds. The molecule has 8 heteroatoms. The van der Waals surface area contributed by atoms with E-state index in [1.165, 1.54) is 13.2 Å². The molecular weight excluding hydrogens is 391 g/mol. The van der Waals surface area contributed by atoms with Gasteiger partial charge in [-0.15, -0.1) is 0 Å². The highest BCUT2D eigenvalue weighted by atomic mass is 79.9. The molecule has 0 bridgehead atoms. The SMILES string of the molecule is COC(=O)C(CC1CCC1)c1cc(Br)c(N)c(OCC(F)(F)F)c1. The average molecular weight is 410 g/mol. The van der Waals surface area contributed by atoms with E-state index in [1.807, 2.05) is 0 Å². The van der Waals surface area contributed by atoms with E-state index >= 15 is 0 Å². The number of carbonyl (C=O) groups is 1. The maximum absolute atomic E-state index is 12.4. The fourth-order valence-corrected chi connectivity index (χ4v) is 3.12. The smallest absolute Gasteiger partial charge is 0.422 e. The molecule has 1 fully saturated rings. The standard InChI is InChI=1S/C16H19BrF3NO3/c1-23-15(22)11(5-9-3-2-4-9)10-6-12(17)14(21)13(7-10)24-8-16(18,19)20/h6-7,9,11H,2-5,8,21H2,1H3. The van der Waals surface area contributed by atoms with Crippen LogP contribution in [0.4, 0.5) is 18.9 Å². The second kappa shape index (κ2) is 7.63. The highest BCUT2D eigenvalue weighted by molar-refractivity contribution is 9.10. The third-order valence-corrected chi connectivity index (χ3v) is 4.84. The molecule has 1 aromatic carbocycles. The lowest BCUT2D eigenvalue weighted by atomic mass is 9.77. The van der Waals surface area contributed by atoms with E-state index in [-0.39, 0.29) is 11.4 Å². The van der Waals surface area contributed by atoms with E-state index in [2.05, 4.69) is 15.9 Å². The van der Waals surface area contributed by atoms with Crippen LogP contribution in [0.25, 0.3) is 0 Å². The van der Waals surface area contributed by atoms with Crippen molar-refractivity contribution in [2.24, 2.45) is 5.92 Å². The number of rotatable bonds is 6. The van der Waals surface area contributed by atoms with E-state index in [0.29, 0.717) is 22.4 Å². The lowest BCUT2D eigenvalue weighted by Gasteiger charge is -2.29. The van der Waals surface area contributed by atoms with Crippen LogP contribution in [0, 0.1) is 5.92 Å². The van der Waals surface area contributed by atoms with E-state index in [9.17, 15) is 18.0 Å². The first-order chi connectivity index (χ1) is 11.2. The molecule has 1 aliphatic rings. The van der Waals surface area contributed by atoms with E-state index < -0.39 is 24.7 Å². The van der Waals surface area contributed by atoms with Gasteiger partial charge in [0.25, 0.3) is 0 Å². The number of methoxy groups -OCH3 is 1. The third-order valence-electron chi connectivity index (χ3n) is 4.19. The fourth-order valence-electron chi connectivity index (χ4n) is 2.67. The molecule has 24 heavy (non-hydrogen) atoms. The van der Waals surface area contributed by atoms with Gasteiger partial charge in [0.2, 0.25) is 0 Å². The summed E-state index contributed by atoms with van der Waals surface area (Å²) in [6, 6.07) is 3.03. The number of hydrogen-bond donors (Lipinski definition) is 1. The maximum Gasteiger partial charge on any atom is 0.422 e. The molecule has 1 aliphatic carbocycles. The number of ether oxygens (including phenoxy) is 2. The van der Waals surface area contributed by atoms with Crippen LogP contribution in [0.5, 0.6) is 5.75 Å². The van der Waals surface area contributed by atoms with Crippen molar-refractivity contribution in [1.82, 2.24) is 0 Å². The number of nitrogens with two attached hydrogens (primary N) is 1. The quantitative estimate of drug-likeness (QED) is 0.557. The highest BCUT2D eigenvalue weighted by Gasteiger charge is 2.31. The zero-order valence-corrected chi connectivity index (χ0v) is 14.7. The Morgan fingerprint density at radius 2 is 2.08 bits per heavy atom. The average Bonchev–Trinajstić information content (AvgIpc) is 2.46. The minimum Gasteiger partial charge on any atom is -0.482 e. The van der Waals surface area contributed by atoms with Gasteiger partial charge in [-0.1, -0.05) is 19.3 Å². The van der Waals surface area contributed by atoms with Gasteiger partial charge < -0.3 is 15.2 Å². The number of nitrogen functional groups attached to an aromatic ring is 1. The number of esters is 1. The molecule has 0 aliphatic heterocycles. The molecule has 0 radical (unpaired) electrons. The number of alkyl halides is 3. The van der Waals surface area contributed by atoms with Gasteiger partial charge in [-0.3, -0.25) is 4.79 Å². The highest BCUT2D eigenvalue weighted by Crippen LogP contribution is 2.40. The molecule has 0 aromatic heterocycles. The molecule has 134 valence electrons. The van der Waals surface area contributed by atoms with Gasteiger partial charge in [0.1, 0.15) is 5.75 Å². The van der Waals surface area contributed by atoms with Gasteiger partial charge in [0.15, 0.2) is 6.61 Å². The predicted molar refractivity (Wildman–Crippen MR) is 86.8 cm³/mol. The van der Waals surface area contributed by atoms with Crippen LogP contribution >= 0.6 is 15.9 Å². The summed E-state index contributed by atoms with van der Waals surface area (Å²) in [4.78, 5) is 12.1. The van der Waals surface area contributed by atoms with Crippen molar-refractivity contribution in [3.8, 4) is 5.75 Å². The van der Waals surface area contributed by atoms with Crippen molar-refractivity contribution in [3.05, 3.63) is 22.2 Å². The molecule has 0 heterocycles. The first kappa shape index (κ1) is 18.9. The van der Waals surface area contributed by atoms with Gasteiger partial charge in [0.05, 0.1) is 18.7 Å². The summed E-state index contributed by atoms with van der Waals surface area (Å²) in [7, 11) is 1.30. The van der Waals surface area contributed by atoms with Gasteiger partial charge in [-0.2, -0.15) is 13.2 Å². The van der Waals surface area contributed by atoms with Crippen LogP contribution in [0.15, 0.2) is 16.6 Å². The Morgan fingerprint density at radius 3 is 2.58 bits per heavy atom. The van der Waals surface area contributed by atoms with Crippen molar-refractivity contribution >= 4 is 27.6 Å². The van der Waals surface area contributed by atoms with Crippen molar-refractivity contribution in [2.75, 3.05) is 19.5 Å². The molecule has 2 N–H and O–H groups in total. The largest absolute Gasteiger partial charge is 0.482 e. The summed E-state index contributed by atoms with van der Waals surface area (Å²) in [5.41, 5.74) is 6.37. The zero-order chi connectivity index (χ0) is 17.9.